The molecule has 0 atom stereocenters. The second kappa shape index (κ2) is 7.79. The van der Waals surface area contributed by atoms with E-state index < -0.39 is 0 Å². The summed E-state index contributed by atoms with van der Waals surface area (Å²) < 4.78 is 0. The first-order chi connectivity index (χ1) is 13.9. The third kappa shape index (κ3) is 3.80. The monoisotopic (exact) mass is 410 g/mol. The average molecular weight is 410 g/mol. The van der Waals surface area contributed by atoms with E-state index >= 15 is 0 Å². The van der Waals surface area contributed by atoms with Crippen LogP contribution in [0.2, 0.25) is 0 Å². The van der Waals surface area contributed by atoms with Gasteiger partial charge in [-0.25, -0.2) is 5.01 Å². The third-order valence-electron chi connectivity index (χ3n) is 5.38. The standard InChI is InChI=1S/C21H22N4O3S/c1-13-15(21(28)25-10-8-18-14(12-25)9-11-29-18)4-3-5-16(13)22-20(27)17-6-7-19(26)24(2)23-17/h3-5,9,11H,6-8,10,12H2,1-2H3,(H,22,27). The summed E-state index contributed by atoms with van der Waals surface area (Å²) in [6, 6.07) is 7.42. The zero-order valence-corrected chi connectivity index (χ0v) is 17.2. The highest BCUT2D eigenvalue weighted by Crippen LogP contribution is 2.27. The fraction of sp³-hybridized carbons (Fsp3) is 0.333. The van der Waals surface area contributed by atoms with Gasteiger partial charge in [0.25, 0.3) is 11.8 Å². The van der Waals surface area contributed by atoms with Crippen LogP contribution in [0, 0.1) is 6.92 Å². The van der Waals surface area contributed by atoms with Crippen LogP contribution in [-0.4, -0.2) is 46.9 Å². The summed E-state index contributed by atoms with van der Waals surface area (Å²) in [5, 5.41) is 10.2. The minimum absolute atomic E-state index is 0.0317. The maximum absolute atomic E-state index is 13.1. The molecule has 0 spiro atoms. The number of rotatable bonds is 3. The fourth-order valence-corrected chi connectivity index (χ4v) is 4.51. The van der Waals surface area contributed by atoms with E-state index in [1.54, 1.807) is 29.5 Å². The average Bonchev–Trinajstić information content (AvgIpc) is 3.19. The van der Waals surface area contributed by atoms with Gasteiger partial charge < -0.3 is 10.2 Å². The molecule has 1 N–H and O–H groups in total. The molecule has 0 bridgehead atoms. The number of carbonyl (C=O) groups excluding carboxylic acids is 3. The number of hydrazone groups is 1. The number of hydrogen-bond acceptors (Lipinski definition) is 5. The fourth-order valence-electron chi connectivity index (χ4n) is 3.62. The summed E-state index contributed by atoms with van der Waals surface area (Å²) in [4.78, 5) is 40.5. The maximum atomic E-state index is 13.1. The lowest BCUT2D eigenvalue weighted by Gasteiger charge is -2.28. The first-order valence-corrected chi connectivity index (χ1v) is 10.4. The van der Waals surface area contributed by atoms with E-state index in [0.717, 1.165) is 12.0 Å². The highest BCUT2D eigenvalue weighted by Gasteiger charge is 2.26. The Balaban J connectivity index is 1.52. The summed E-state index contributed by atoms with van der Waals surface area (Å²) in [5.41, 5.74) is 3.41. The highest BCUT2D eigenvalue weighted by molar-refractivity contribution is 7.10. The SMILES string of the molecule is Cc1c(NC(=O)C2=NN(C)C(=O)CC2)cccc1C(=O)N1CCc2sccc2C1. The van der Waals surface area contributed by atoms with Crippen molar-refractivity contribution in [3.63, 3.8) is 0 Å². The minimum Gasteiger partial charge on any atom is -0.334 e. The van der Waals surface area contributed by atoms with E-state index in [1.807, 2.05) is 11.8 Å². The Hall–Kier alpha value is -3.00. The molecule has 2 aliphatic heterocycles. The number of amides is 3. The van der Waals surface area contributed by atoms with E-state index in [-0.39, 0.29) is 24.1 Å². The van der Waals surface area contributed by atoms with Gasteiger partial charge in [-0.2, -0.15) is 5.10 Å². The summed E-state index contributed by atoms with van der Waals surface area (Å²) in [5.74, 6) is -0.491. The van der Waals surface area contributed by atoms with Gasteiger partial charge in [-0.15, -0.1) is 11.3 Å². The van der Waals surface area contributed by atoms with Gasteiger partial charge in [-0.05, 0) is 48.1 Å². The van der Waals surface area contributed by atoms with Crippen LogP contribution >= 0.6 is 11.3 Å². The van der Waals surface area contributed by atoms with Crippen molar-refractivity contribution in [3.05, 3.63) is 51.2 Å². The highest BCUT2D eigenvalue weighted by atomic mass is 32.1. The predicted octanol–water partition coefficient (Wildman–Crippen LogP) is 2.80. The molecule has 1 aromatic carbocycles. The van der Waals surface area contributed by atoms with Crippen molar-refractivity contribution < 1.29 is 14.4 Å². The van der Waals surface area contributed by atoms with E-state index in [1.165, 1.54) is 22.5 Å². The largest absolute Gasteiger partial charge is 0.334 e. The van der Waals surface area contributed by atoms with Gasteiger partial charge in [-0.1, -0.05) is 6.07 Å². The van der Waals surface area contributed by atoms with Crippen LogP contribution in [0.25, 0.3) is 0 Å². The molecular weight excluding hydrogens is 388 g/mol. The number of nitrogens with one attached hydrogen (secondary N) is 1. The van der Waals surface area contributed by atoms with Gasteiger partial charge in [0.15, 0.2) is 0 Å². The van der Waals surface area contributed by atoms with Crippen LogP contribution < -0.4 is 5.32 Å². The van der Waals surface area contributed by atoms with Crippen molar-refractivity contribution in [3.8, 4) is 0 Å². The second-order valence-corrected chi connectivity index (χ2v) is 8.24. The van der Waals surface area contributed by atoms with Crippen molar-refractivity contribution in [1.29, 1.82) is 0 Å². The molecule has 4 rings (SSSR count). The molecule has 0 radical (unpaired) electrons. The van der Waals surface area contributed by atoms with E-state index in [0.29, 0.717) is 36.5 Å². The number of hydrogen-bond donors (Lipinski definition) is 1. The lowest BCUT2D eigenvalue weighted by molar-refractivity contribution is -0.130. The van der Waals surface area contributed by atoms with Gasteiger partial charge >= 0.3 is 0 Å². The Morgan fingerprint density at radius 3 is 2.79 bits per heavy atom. The molecule has 29 heavy (non-hydrogen) atoms. The van der Waals surface area contributed by atoms with Crippen LogP contribution in [0.5, 0.6) is 0 Å². The number of carbonyl (C=O) groups is 3. The Labute approximate surface area is 173 Å². The molecule has 3 heterocycles. The molecule has 0 unspecified atom stereocenters. The lowest BCUT2D eigenvalue weighted by Crippen LogP contribution is -2.36. The topological polar surface area (TPSA) is 82.1 Å². The van der Waals surface area contributed by atoms with Crippen LogP contribution in [-0.2, 0) is 22.6 Å². The van der Waals surface area contributed by atoms with Crippen LogP contribution in [0.15, 0.2) is 34.7 Å². The van der Waals surface area contributed by atoms with Crippen molar-refractivity contribution >= 4 is 40.5 Å². The van der Waals surface area contributed by atoms with Crippen molar-refractivity contribution in [2.24, 2.45) is 5.10 Å². The lowest BCUT2D eigenvalue weighted by atomic mass is 10.0. The Morgan fingerprint density at radius 2 is 2.00 bits per heavy atom. The van der Waals surface area contributed by atoms with E-state index in [4.69, 9.17) is 0 Å². The van der Waals surface area contributed by atoms with Crippen molar-refractivity contribution in [2.45, 2.75) is 32.7 Å². The number of fused-ring (bicyclic) bond motifs is 1. The molecule has 1 aromatic heterocycles. The molecule has 0 saturated carbocycles. The third-order valence-corrected chi connectivity index (χ3v) is 6.40. The Kier molecular flexibility index (Phi) is 5.19. The zero-order valence-electron chi connectivity index (χ0n) is 16.4. The van der Waals surface area contributed by atoms with Crippen LogP contribution in [0.4, 0.5) is 5.69 Å². The molecular formula is C21H22N4O3S. The normalized spacial score (nSPS) is 16.3. The molecule has 150 valence electrons. The Bertz CT molecular complexity index is 1030. The molecule has 2 aromatic rings. The van der Waals surface area contributed by atoms with Crippen LogP contribution in [0.3, 0.4) is 0 Å². The van der Waals surface area contributed by atoms with Gasteiger partial charge in [0.1, 0.15) is 5.71 Å². The molecule has 8 heteroatoms. The Morgan fingerprint density at radius 1 is 1.17 bits per heavy atom. The predicted molar refractivity (Wildman–Crippen MR) is 112 cm³/mol. The molecule has 7 nitrogen and oxygen atoms in total. The second-order valence-electron chi connectivity index (χ2n) is 7.24. The zero-order chi connectivity index (χ0) is 20.5. The van der Waals surface area contributed by atoms with E-state index in [2.05, 4.69) is 21.9 Å². The molecule has 2 aliphatic rings. The quantitative estimate of drug-likeness (QED) is 0.845. The van der Waals surface area contributed by atoms with E-state index in [9.17, 15) is 14.4 Å². The van der Waals surface area contributed by atoms with Gasteiger partial charge in [0.2, 0.25) is 5.91 Å². The van der Waals surface area contributed by atoms with Crippen molar-refractivity contribution in [1.82, 2.24) is 9.91 Å². The summed E-state index contributed by atoms with van der Waals surface area (Å²) in [7, 11) is 1.54. The molecule has 0 fully saturated rings. The summed E-state index contributed by atoms with van der Waals surface area (Å²) in [6.07, 6.45) is 1.45. The van der Waals surface area contributed by atoms with Crippen molar-refractivity contribution in [2.75, 3.05) is 18.9 Å². The number of benzene rings is 1. The number of anilines is 1. The number of nitrogens with zero attached hydrogens (tertiary/aromatic N) is 3. The first kappa shape index (κ1) is 19.3. The van der Waals surface area contributed by atoms with Crippen LogP contribution in [0.1, 0.15) is 39.2 Å². The smallest absolute Gasteiger partial charge is 0.271 e. The van der Waals surface area contributed by atoms with Gasteiger partial charge in [0.05, 0.1) is 0 Å². The minimum atomic E-state index is -0.349. The maximum Gasteiger partial charge on any atom is 0.271 e. The van der Waals surface area contributed by atoms with Gasteiger partial charge in [0, 0.05) is 49.1 Å². The van der Waals surface area contributed by atoms with Gasteiger partial charge in [-0.3, -0.25) is 14.4 Å². The summed E-state index contributed by atoms with van der Waals surface area (Å²) in [6.45, 7) is 3.14. The number of thiophene rings is 1. The first-order valence-electron chi connectivity index (χ1n) is 9.53. The molecule has 0 saturated heterocycles. The molecule has 0 aliphatic carbocycles. The summed E-state index contributed by atoms with van der Waals surface area (Å²) >= 11 is 1.74. The molecule has 3 amide bonds.